The van der Waals surface area contributed by atoms with Gasteiger partial charge < -0.3 is 10.0 Å². The Morgan fingerprint density at radius 3 is 2.47 bits per heavy atom. The lowest BCUT2D eigenvalue weighted by molar-refractivity contribution is -0.129. The Bertz CT molecular complexity index is 1680. The number of aliphatic hydroxyl groups is 1. The Hall–Kier alpha value is -4.37. The lowest BCUT2D eigenvalue weighted by Gasteiger charge is -2.17. The summed E-state index contributed by atoms with van der Waals surface area (Å²) in [6.07, 6.45) is 7.52. The van der Waals surface area contributed by atoms with Gasteiger partial charge in [0.1, 0.15) is 11.6 Å². The highest BCUT2D eigenvalue weighted by atomic mass is 19.1. The summed E-state index contributed by atoms with van der Waals surface area (Å²) in [6.45, 7) is 0.817. The molecule has 0 bridgehead atoms. The number of fused-ring (bicyclic) bond motifs is 1. The van der Waals surface area contributed by atoms with E-state index in [2.05, 4.69) is 10.2 Å². The molecule has 1 atom stereocenters. The van der Waals surface area contributed by atoms with Crippen LogP contribution in [0.4, 0.5) is 8.78 Å². The minimum atomic E-state index is -0.678. The maximum absolute atomic E-state index is 14.8. The fraction of sp³-hybridized carbons (Fsp3) is 0.207. The molecule has 38 heavy (non-hydrogen) atoms. The number of rotatable bonds is 5. The smallest absolute Gasteiger partial charge is 0.227 e. The number of halogens is 2. The Labute approximate surface area is 217 Å². The summed E-state index contributed by atoms with van der Waals surface area (Å²) in [5, 5.41) is 18.6. The van der Waals surface area contributed by atoms with Crippen LogP contribution in [0.15, 0.2) is 73.3 Å². The standard InChI is InChI=1S/C29H25F2N5O2/c1-34-15-22(13-32-34)19-2-5-28-26(14-33-36(28)16-19)21-9-18(10-29(38)35-7-6-24(37)17-35)8-20(11-21)25-4-3-23(30)12-27(25)31/h2-5,8-9,11-16,24,37H,6-7,10,17H2,1H3. The molecule has 0 saturated carbocycles. The van der Waals surface area contributed by atoms with E-state index in [1.54, 1.807) is 32.6 Å². The van der Waals surface area contributed by atoms with Gasteiger partial charge in [-0.05, 0) is 47.4 Å². The van der Waals surface area contributed by atoms with Crippen molar-refractivity contribution in [3.63, 3.8) is 0 Å². The highest BCUT2D eigenvalue weighted by molar-refractivity contribution is 5.86. The maximum atomic E-state index is 14.8. The second-order valence-electron chi connectivity index (χ2n) is 9.71. The van der Waals surface area contributed by atoms with Gasteiger partial charge in [0, 0.05) is 60.9 Å². The molecule has 5 aromatic rings. The van der Waals surface area contributed by atoms with E-state index >= 15 is 0 Å². The molecule has 0 spiro atoms. The average Bonchev–Trinajstić information content (AvgIpc) is 3.63. The molecule has 1 unspecified atom stereocenters. The lowest BCUT2D eigenvalue weighted by atomic mass is 9.95. The van der Waals surface area contributed by atoms with Crippen molar-refractivity contribution in [1.29, 1.82) is 0 Å². The van der Waals surface area contributed by atoms with Crippen molar-refractivity contribution in [1.82, 2.24) is 24.3 Å². The van der Waals surface area contributed by atoms with Crippen LogP contribution in [0.2, 0.25) is 0 Å². The number of benzene rings is 2. The summed E-state index contributed by atoms with van der Waals surface area (Å²) in [4.78, 5) is 14.6. The van der Waals surface area contributed by atoms with E-state index in [9.17, 15) is 18.7 Å². The van der Waals surface area contributed by atoms with E-state index in [0.29, 0.717) is 30.6 Å². The number of pyridine rings is 1. The summed E-state index contributed by atoms with van der Waals surface area (Å²) >= 11 is 0. The van der Waals surface area contributed by atoms with Crippen LogP contribution in [-0.4, -0.2) is 54.5 Å². The summed E-state index contributed by atoms with van der Waals surface area (Å²) in [5.41, 5.74) is 5.82. The number of carbonyl (C=O) groups excluding carboxylic acids is 1. The third-order valence-corrected chi connectivity index (χ3v) is 6.97. The van der Waals surface area contributed by atoms with Crippen LogP contribution in [0, 0.1) is 11.6 Å². The van der Waals surface area contributed by atoms with Crippen molar-refractivity contribution < 1.29 is 18.7 Å². The largest absolute Gasteiger partial charge is 0.391 e. The quantitative estimate of drug-likeness (QED) is 0.376. The van der Waals surface area contributed by atoms with Crippen LogP contribution in [0.3, 0.4) is 0 Å². The number of aromatic nitrogens is 4. The molecular weight excluding hydrogens is 488 g/mol. The van der Waals surface area contributed by atoms with Gasteiger partial charge >= 0.3 is 0 Å². The summed E-state index contributed by atoms with van der Waals surface area (Å²) in [5.74, 6) is -1.44. The molecule has 1 aliphatic heterocycles. The van der Waals surface area contributed by atoms with Gasteiger partial charge in [-0.3, -0.25) is 9.48 Å². The van der Waals surface area contributed by atoms with E-state index in [1.165, 1.54) is 12.1 Å². The predicted octanol–water partition coefficient (Wildman–Crippen LogP) is 4.48. The van der Waals surface area contributed by atoms with Crippen molar-refractivity contribution in [2.45, 2.75) is 18.9 Å². The zero-order chi connectivity index (χ0) is 26.4. The first-order valence-corrected chi connectivity index (χ1v) is 12.4. The number of amides is 1. The van der Waals surface area contributed by atoms with Gasteiger partial charge in [0.2, 0.25) is 5.91 Å². The third-order valence-electron chi connectivity index (χ3n) is 6.97. The highest BCUT2D eigenvalue weighted by Gasteiger charge is 2.25. The number of aliphatic hydroxyl groups excluding tert-OH is 1. The molecule has 6 rings (SSSR count). The van der Waals surface area contributed by atoms with E-state index in [-0.39, 0.29) is 17.9 Å². The SMILES string of the molecule is Cn1cc(-c2ccc3c(-c4cc(CC(=O)N5CCC(O)C5)cc(-c5ccc(F)cc5F)c4)cnn3c2)cn1. The molecule has 192 valence electrons. The second-order valence-corrected chi connectivity index (χ2v) is 9.71. The van der Waals surface area contributed by atoms with Crippen LogP contribution in [0.5, 0.6) is 0 Å². The highest BCUT2D eigenvalue weighted by Crippen LogP contribution is 2.33. The Morgan fingerprint density at radius 2 is 1.76 bits per heavy atom. The molecule has 2 aromatic carbocycles. The van der Waals surface area contributed by atoms with E-state index in [0.717, 1.165) is 33.8 Å². The molecule has 4 heterocycles. The van der Waals surface area contributed by atoms with Crippen molar-refractivity contribution in [3.05, 3.63) is 90.5 Å². The molecule has 1 amide bonds. The Balaban J connectivity index is 1.42. The Kier molecular flexibility index (Phi) is 6.00. The summed E-state index contributed by atoms with van der Waals surface area (Å²) in [6, 6.07) is 12.9. The topological polar surface area (TPSA) is 75.7 Å². The molecule has 0 radical (unpaired) electrons. The fourth-order valence-electron chi connectivity index (χ4n) is 5.03. The van der Waals surface area contributed by atoms with Crippen LogP contribution >= 0.6 is 0 Å². The number of hydrogen-bond donors (Lipinski definition) is 1. The van der Waals surface area contributed by atoms with Gasteiger partial charge in [-0.25, -0.2) is 13.3 Å². The monoisotopic (exact) mass is 513 g/mol. The molecule has 3 aromatic heterocycles. The van der Waals surface area contributed by atoms with Gasteiger partial charge in [-0.1, -0.05) is 18.2 Å². The molecule has 1 N–H and O–H groups in total. The first kappa shape index (κ1) is 24.0. The fourth-order valence-corrected chi connectivity index (χ4v) is 5.03. The van der Waals surface area contributed by atoms with Crippen LogP contribution in [0.1, 0.15) is 12.0 Å². The zero-order valence-corrected chi connectivity index (χ0v) is 20.7. The van der Waals surface area contributed by atoms with Crippen molar-refractivity contribution in [2.24, 2.45) is 7.05 Å². The predicted molar refractivity (Wildman–Crippen MR) is 139 cm³/mol. The number of β-amino-alcohol motifs (C(OH)–C–C–N with tert-alkyl or cyclic N) is 1. The first-order chi connectivity index (χ1) is 18.3. The van der Waals surface area contributed by atoms with Crippen LogP contribution < -0.4 is 0 Å². The molecular formula is C29H25F2N5O2. The molecule has 0 aliphatic carbocycles. The van der Waals surface area contributed by atoms with Crippen LogP contribution in [-0.2, 0) is 18.3 Å². The second kappa shape index (κ2) is 9.50. The average molecular weight is 514 g/mol. The van der Waals surface area contributed by atoms with Gasteiger partial charge in [0.15, 0.2) is 0 Å². The zero-order valence-electron chi connectivity index (χ0n) is 20.7. The van der Waals surface area contributed by atoms with E-state index in [1.807, 2.05) is 43.7 Å². The van der Waals surface area contributed by atoms with E-state index in [4.69, 9.17) is 0 Å². The third kappa shape index (κ3) is 4.56. The first-order valence-electron chi connectivity index (χ1n) is 12.4. The maximum Gasteiger partial charge on any atom is 0.227 e. The minimum absolute atomic E-state index is 0.0980. The van der Waals surface area contributed by atoms with Gasteiger partial charge in [-0.15, -0.1) is 0 Å². The molecule has 1 fully saturated rings. The minimum Gasteiger partial charge on any atom is -0.391 e. The number of carbonyl (C=O) groups is 1. The number of hydrogen-bond acceptors (Lipinski definition) is 4. The van der Waals surface area contributed by atoms with Crippen molar-refractivity contribution in [2.75, 3.05) is 13.1 Å². The lowest BCUT2D eigenvalue weighted by Crippen LogP contribution is -2.30. The molecule has 7 nitrogen and oxygen atoms in total. The van der Waals surface area contributed by atoms with Gasteiger partial charge in [-0.2, -0.15) is 10.2 Å². The van der Waals surface area contributed by atoms with E-state index < -0.39 is 17.7 Å². The van der Waals surface area contributed by atoms with Crippen molar-refractivity contribution >= 4 is 11.4 Å². The molecule has 1 aliphatic rings. The van der Waals surface area contributed by atoms with Crippen molar-refractivity contribution in [3.8, 4) is 33.4 Å². The van der Waals surface area contributed by atoms with Crippen LogP contribution in [0.25, 0.3) is 38.9 Å². The number of likely N-dealkylation sites (tertiary alicyclic amines) is 1. The Morgan fingerprint density at radius 1 is 0.947 bits per heavy atom. The van der Waals surface area contributed by atoms with Gasteiger partial charge in [0.25, 0.3) is 0 Å². The summed E-state index contributed by atoms with van der Waals surface area (Å²) < 4.78 is 31.9. The molecule has 9 heteroatoms. The number of nitrogens with zero attached hydrogens (tertiary/aromatic N) is 5. The molecule has 1 saturated heterocycles. The number of aryl methyl sites for hydroxylation is 1. The normalized spacial score (nSPS) is 15.5. The summed E-state index contributed by atoms with van der Waals surface area (Å²) in [7, 11) is 1.86. The van der Waals surface area contributed by atoms with Gasteiger partial charge in [0.05, 0.1) is 30.4 Å².